The minimum Gasteiger partial charge on any atom is -0.497 e. The fraction of sp³-hybridized carbons (Fsp3) is 0.162. The van der Waals surface area contributed by atoms with E-state index in [-0.39, 0.29) is 30.2 Å². The lowest BCUT2D eigenvalue weighted by atomic mass is 9.93. The van der Waals surface area contributed by atoms with Gasteiger partial charge in [-0.05, 0) is 70.4 Å². The van der Waals surface area contributed by atoms with E-state index < -0.39 is 12.0 Å². The standard InChI is InChI=1S/C37H30BrFN2O6S/c1-4-46-36(43)31-32(23-10-6-5-7-11-23)40-37-41(33(31)24-14-16-26(44-2)17-15-24)35(42)30(48-37)20-22-18-27(38)34(29(19-22)45-3)47-21-25-12-8-9-13-28(25)39/h5-20,33H,4,21H2,1-3H3/b30-20-/t33-/m1/s1. The van der Waals surface area contributed by atoms with Gasteiger partial charge in [0.1, 0.15) is 18.2 Å². The highest BCUT2D eigenvalue weighted by Gasteiger charge is 2.35. The van der Waals surface area contributed by atoms with Gasteiger partial charge in [-0.2, -0.15) is 0 Å². The van der Waals surface area contributed by atoms with Crippen LogP contribution in [0.2, 0.25) is 0 Å². The van der Waals surface area contributed by atoms with Gasteiger partial charge in [-0.25, -0.2) is 14.2 Å². The fourth-order valence-corrected chi connectivity index (χ4v) is 7.00. The topological polar surface area (TPSA) is 88.4 Å². The molecule has 0 amide bonds. The largest absolute Gasteiger partial charge is 0.497 e. The minimum absolute atomic E-state index is 0.00249. The van der Waals surface area contributed by atoms with E-state index in [1.165, 1.54) is 29.1 Å². The van der Waals surface area contributed by atoms with Gasteiger partial charge in [-0.1, -0.05) is 72.0 Å². The predicted octanol–water partition coefficient (Wildman–Crippen LogP) is 6.43. The molecule has 0 saturated heterocycles. The Morgan fingerprint density at radius 2 is 1.73 bits per heavy atom. The maximum atomic E-state index is 14.3. The van der Waals surface area contributed by atoms with Crippen molar-refractivity contribution in [2.75, 3.05) is 20.8 Å². The maximum absolute atomic E-state index is 14.3. The predicted molar refractivity (Wildman–Crippen MR) is 185 cm³/mol. The Balaban J connectivity index is 1.50. The van der Waals surface area contributed by atoms with Gasteiger partial charge in [0.15, 0.2) is 16.3 Å². The molecule has 0 N–H and O–H groups in total. The summed E-state index contributed by atoms with van der Waals surface area (Å²) >= 11 is 4.77. The zero-order valence-electron chi connectivity index (χ0n) is 26.2. The van der Waals surface area contributed by atoms with Gasteiger partial charge in [0.05, 0.1) is 47.1 Å². The van der Waals surface area contributed by atoms with Crippen LogP contribution < -0.4 is 29.1 Å². The summed E-state index contributed by atoms with van der Waals surface area (Å²) in [6.07, 6.45) is 1.74. The molecule has 6 rings (SSSR count). The first kappa shape index (κ1) is 32.9. The average molecular weight is 730 g/mol. The molecule has 4 aromatic carbocycles. The van der Waals surface area contributed by atoms with Crippen LogP contribution in [0, 0.1) is 5.82 Å². The number of ether oxygens (including phenoxy) is 4. The molecule has 0 fully saturated rings. The van der Waals surface area contributed by atoms with Crippen LogP contribution in [0.3, 0.4) is 0 Å². The molecular weight excluding hydrogens is 699 g/mol. The zero-order chi connectivity index (χ0) is 33.8. The van der Waals surface area contributed by atoms with E-state index in [0.29, 0.717) is 53.4 Å². The van der Waals surface area contributed by atoms with Crippen molar-refractivity contribution >= 4 is 45.0 Å². The molecule has 8 nitrogen and oxygen atoms in total. The van der Waals surface area contributed by atoms with Crippen LogP contribution in [-0.2, 0) is 16.1 Å². The number of esters is 1. The SMILES string of the molecule is CCOC(=O)C1=C(c2ccccc2)N=c2s/c(=C\c3cc(Br)c(OCc4ccccc4F)c(OC)c3)c(=O)n2[C@@H]1c1ccc(OC)cc1. The molecule has 1 aromatic heterocycles. The van der Waals surface area contributed by atoms with E-state index in [1.807, 2.05) is 42.5 Å². The number of thiazole rings is 1. The van der Waals surface area contributed by atoms with Gasteiger partial charge in [0.2, 0.25) is 0 Å². The van der Waals surface area contributed by atoms with Crippen molar-refractivity contribution in [1.29, 1.82) is 0 Å². The number of carbonyl (C=O) groups excluding carboxylic acids is 1. The Morgan fingerprint density at radius 3 is 2.42 bits per heavy atom. The highest BCUT2D eigenvalue weighted by molar-refractivity contribution is 9.10. The van der Waals surface area contributed by atoms with Crippen LogP contribution in [0.4, 0.5) is 4.39 Å². The van der Waals surface area contributed by atoms with Crippen LogP contribution >= 0.6 is 27.3 Å². The molecule has 1 aliphatic rings. The summed E-state index contributed by atoms with van der Waals surface area (Å²) in [5, 5.41) is 0. The van der Waals surface area contributed by atoms with E-state index in [0.717, 1.165) is 5.56 Å². The minimum atomic E-state index is -0.820. The molecular formula is C37H30BrFN2O6S. The smallest absolute Gasteiger partial charge is 0.338 e. The quantitative estimate of drug-likeness (QED) is 0.154. The van der Waals surface area contributed by atoms with Crippen LogP contribution in [0.15, 0.2) is 111 Å². The Labute approximate surface area is 288 Å². The van der Waals surface area contributed by atoms with Crippen molar-refractivity contribution in [2.24, 2.45) is 4.99 Å². The van der Waals surface area contributed by atoms with Gasteiger partial charge in [0, 0.05) is 11.1 Å². The number of halogens is 2. The van der Waals surface area contributed by atoms with Crippen molar-refractivity contribution in [3.8, 4) is 17.2 Å². The van der Waals surface area contributed by atoms with Crippen LogP contribution in [0.5, 0.6) is 17.2 Å². The Hall–Kier alpha value is -5.00. The highest BCUT2D eigenvalue weighted by atomic mass is 79.9. The molecule has 0 spiro atoms. The number of hydrogen-bond acceptors (Lipinski definition) is 8. The number of hydrogen-bond donors (Lipinski definition) is 0. The molecule has 11 heteroatoms. The number of carbonyl (C=O) groups is 1. The van der Waals surface area contributed by atoms with E-state index in [1.54, 1.807) is 62.6 Å². The average Bonchev–Trinajstić information content (AvgIpc) is 3.41. The van der Waals surface area contributed by atoms with Gasteiger partial charge in [0.25, 0.3) is 5.56 Å². The maximum Gasteiger partial charge on any atom is 0.338 e. The van der Waals surface area contributed by atoms with Crippen LogP contribution in [0.25, 0.3) is 11.8 Å². The molecule has 0 aliphatic carbocycles. The van der Waals surface area contributed by atoms with E-state index in [2.05, 4.69) is 15.9 Å². The molecule has 0 saturated carbocycles. The van der Waals surface area contributed by atoms with Crippen molar-refractivity contribution in [2.45, 2.75) is 19.6 Å². The van der Waals surface area contributed by atoms with Gasteiger partial charge in [-0.3, -0.25) is 9.36 Å². The Kier molecular flexibility index (Phi) is 9.88. The number of fused-ring (bicyclic) bond motifs is 1. The van der Waals surface area contributed by atoms with Crippen molar-refractivity contribution in [1.82, 2.24) is 4.57 Å². The number of aromatic nitrogens is 1. The van der Waals surface area contributed by atoms with Gasteiger partial charge in [-0.15, -0.1) is 0 Å². The monoisotopic (exact) mass is 728 g/mol. The molecule has 5 aromatic rings. The third-order valence-corrected chi connectivity index (χ3v) is 9.26. The molecule has 0 radical (unpaired) electrons. The lowest BCUT2D eigenvalue weighted by Crippen LogP contribution is -2.40. The van der Waals surface area contributed by atoms with Crippen LogP contribution in [-0.4, -0.2) is 31.4 Å². The van der Waals surface area contributed by atoms with Gasteiger partial charge >= 0.3 is 5.97 Å². The summed E-state index contributed by atoms with van der Waals surface area (Å²) in [6.45, 7) is 1.89. The Morgan fingerprint density at radius 1 is 1.00 bits per heavy atom. The van der Waals surface area contributed by atoms with Crippen molar-refractivity contribution < 1.29 is 28.1 Å². The number of rotatable bonds is 10. The molecule has 244 valence electrons. The lowest BCUT2D eigenvalue weighted by molar-refractivity contribution is -0.138. The Bertz CT molecular complexity index is 2200. The summed E-state index contributed by atoms with van der Waals surface area (Å²) in [7, 11) is 3.08. The first-order chi connectivity index (χ1) is 23.3. The third-order valence-electron chi connectivity index (χ3n) is 7.68. The van der Waals surface area contributed by atoms with Gasteiger partial charge < -0.3 is 18.9 Å². The molecule has 1 aliphatic heterocycles. The summed E-state index contributed by atoms with van der Waals surface area (Å²) < 4.78 is 39.2. The number of benzene rings is 4. The molecule has 0 unspecified atom stereocenters. The summed E-state index contributed by atoms with van der Waals surface area (Å²) in [5.74, 6) is 0.498. The first-order valence-corrected chi connectivity index (χ1v) is 16.6. The summed E-state index contributed by atoms with van der Waals surface area (Å²) in [5.41, 5.74) is 2.82. The van der Waals surface area contributed by atoms with E-state index >= 15 is 0 Å². The highest BCUT2D eigenvalue weighted by Crippen LogP contribution is 2.38. The molecule has 1 atom stereocenters. The van der Waals surface area contributed by atoms with Crippen molar-refractivity contribution in [3.05, 3.63) is 149 Å². The fourth-order valence-electron chi connectivity index (χ4n) is 5.42. The molecule has 2 heterocycles. The van der Waals surface area contributed by atoms with E-state index in [4.69, 9.17) is 23.9 Å². The summed E-state index contributed by atoms with van der Waals surface area (Å²) in [6, 6.07) is 25.7. The normalized spacial score (nSPS) is 14.3. The second-order valence-corrected chi connectivity index (χ2v) is 12.5. The third kappa shape index (κ3) is 6.56. The van der Waals surface area contributed by atoms with E-state index in [9.17, 15) is 14.0 Å². The second kappa shape index (κ2) is 14.4. The van der Waals surface area contributed by atoms with Crippen molar-refractivity contribution in [3.63, 3.8) is 0 Å². The zero-order valence-corrected chi connectivity index (χ0v) is 28.6. The number of nitrogens with zero attached hydrogens (tertiary/aromatic N) is 2. The first-order valence-electron chi connectivity index (χ1n) is 15.0. The lowest BCUT2D eigenvalue weighted by Gasteiger charge is -2.26. The molecule has 0 bridgehead atoms. The van der Waals surface area contributed by atoms with Crippen LogP contribution in [0.1, 0.15) is 35.2 Å². The number of methoxy groups -OCH3 is 2. The molecule has 48 heavy (non-hydrogen) atoms. The second-order valence-electron chi connectivity index (χ2n) is 10.6. The summed E-state index contributed by atoms with van der Waals surface area (Å²) in [4.78, 5) is 33.3.